The predicted molar refractivity (Wildman–Crippen MR) is 74.8 cm³/mol. The molecule has 0 N–H and O–H groups in total. The average molecular weight is 268 g/mol. The highest BCUT2D eigenvalue weighted by molar-refractivity contribution is 5.31. The predicted octanol–water partition coefficient (Wildman–Crippen LogP) is 3.25. The summed E-state index contributed by atoms with van der Waals surface area (Å²) in [4.78, 5) is 0. The summed E-state index contributed by atoms with van der Waals surface area (Å²) in [5.41, 5.74) is 0. The van der Waals surface area contributed by atoms with E-state index in [0.717, 1.165) is 17.9 Å². The highest BCUT2D eigenvalue weighted by Gasteiger charge is 2.07. The molecule has 1 rings (SSSR count). The van der Waals surface area contributed by atoms with Crippen LogP contribution >= 0.6 is 0 Å². The zero-order valence-electron chi connectivity index (χ0n) is 12.1. The van der Waals surface area contributed by atoms with E-state index in [9.17, 15) is 0 Å². The lowest BCUT2D eigenvalue weighted by atomic mass is 10.3. The lowest BCUT2D eigenvalue weighted by Gasteiger charge is -2.17. The van der Waals surface area contributed by atoms with Crippen molar-refractivity contribution in [3.05, 3.63) is 24.3 Å². The molecule has 4 nitrogen and oxygen atoms in total. The Bertz CT molecular complexity index is 317. The number of hydrogen-bond acceptors (Lipinski definition) is 4. The summed E-state index contributed by atoms with van der Waals surface area (Å²) in [7, 11) is 0. The first kappa shape index (κ1) is 15.8. The summed E-state index contributed by atoms with van der Waals surface area (Å²) in [5.74, 6) is 1.69. The highest BCUT2D eigenvalue weighted by Crippen LogP contribution is 2.17. The van der Waals surface area contributed by atoms with Crippen LogP contribution in [-0.2, 0) is 9.47 Å². The van der Waals surface area contributed by atoms with E-state index in [2.05, 4.69) is 0 Å². The Hall–Kier alpha value is -1.26. The molecule has 0 unspecified atom stereocenters. The Morgan fingerprint density at radius 2 is 1.32 bits per heavy atom. The van der Waals surface area contributed by atoms with Gasteiger partial charge in [0.15, 0.2) is 6.29 Å². The molecule has 0 aliphatic carbocycles. The summed E-state index contributed by atoms with van der Waals surface area (Å²) in [5, 5.41) is 0. The van der Waals surface area contributed by atoms with Crippen molar-refractivity contribution in [2.75, 3.05) is 26.4 Å². The molecule has 0 saturated heterocycles. The van der Waals surface area contributed by atoms with E-state index in [4.69, 9.17) is 18.9 Å². The van der Waals surface area contributed by atoms with Crippen LogP contribution in [0.25, 0.3) is 0 Å². The van der Waals surface area contributed by atoms with E-state index in [1.54, 1.807) is 0 Å². The Labute approximate surface area is 115 Å². The largest absolute Gasteiger partial charge is 0.494 e. The summed E-state index contributed by atoms with van der Waals surface area (Å²) in [6, 6.07) is 7.62. The Balaban J connectivity index is 2.30. The van der Waals surface area contributed by atoms with Crippen molar-refractivity contribution in [1.82, 2.24) is 0 Å². The minimum absolute atomic E-state index is 0.183. The van der Waals surface area contributed by atoms with Gasteiger partial charge in [0.1, 0.15) is 11.5 Å². The van der Waals surface area contributed by atoms with Gasteiger partial charge in [0, 0.05) is 19.6 Å². The van der Waals surface area contributed by atoms with E-state index in [-0.39, 0.29) is 6.29 Å². The van der Waals surface area contributed by atoms with Crippen LogP contribution in [0.5, 0.6) is 11.5 Å². The molecule has 0 aliphatic heterocycles. The van der Waals surface area contributed by atoms with Crippen LogP contribution in [0.3, 0.4) is 0 Å². The standard InChI is InChI=1S/C15H24O4/c1-4-16-13-7-9-14(10-8-13)19-12-11-15(17-5-2)18-6-3/h7-10,15H,4-6,11-12H2,1-3H3. The molecule has 0 heterocycles. The minimum Gasteiger partial charge on any atom is -0.494 e. The minimum atomic E-state index is -0.183. The van der Waals surface area contributed by atoms with Gasteiger partial charge in [-0.05, 0) is 45.0 Å². The van der Waals surface area contributed by atoms with Crippen molar-refractivity contribution in [3.8, 4) is 11.5 Å². The molecule has 1 aromatic rings. The van der Waals surface area contributed by atoms with Gasteiger partial charge >= 0.3 is 0 Å². The topological polar surface area (TPSA) is 36.9 Å². The van der Waals surface area contributed by atoms with Gasteiger partial charge in [-0.1, -0.05) is 0 Å². The van der Waals surface area contributed by atoms with Gasteiger partial charge in [0.2, 0.25) is 0 Å². The summed E-state index contributed by atoms with van der Waals surface area (Å²) in [6.07, 6.45) is 0.534. The Kier molecular flexibility index (Phi) is 8.02. The van der Waals surface area contributed by atoms with Gasteiger partial charge in [-0.2, -0.15) is 0 Å². The number of benzene rings is 1. The second-order valence-electron chi connectivity index (χ2n) is 3.88. The average Bonchev–Trinajstić information content (AvgIpc) is 2.41. The van der Waals surface area contributed by atoms with Crippen molar-refractivity contribution < 1.29 is 18.9 Å². The monoisotopic (exact) mass is 268 g/mol. The third kappa shape index (κ3) is 6.45. The van der Waals surface area contributed by atoms with Crippen LogP contribution in [-0.4, -0.2) is 32.7 Å². The van der Waals surface area contributed by atoms with Gasteiger partial charge < -0.3 is 18.9 Å². The third-order valence-corrected chi connectivity index (χ3v) is 2.46. The van der Waals surface area contributed by atoms with Crippen LogP contribution in [0.1, 0.15) is 27.2 Å². The molecule has 0 radical (unpaired) electrons. The Morgan fingerprint density at radius 3 is 1.79 bits per heavy atom. The first-order valence-electron chi connectivity index (χ1n) is 6.89. The van der Waals surface area contributed by atoms with E-state index in [1.165, 1.54) is 0 Å². The van der Waals surface area contributed by atoms with Gasteiger partial charge in [0.05, 0.1) is 13.2 Å². The fraction of sp³-hybridized carbons (Fsp3) is 0.600. The molecule has 0 spiro atoms. The second-order valence-corrected chi connectivity index (χ2v) is 3.88. The molecule has 0 bridgehead atoms. The van der Waals surface area contributed by atoms with Gasteiger partial charge in [-0.3, -0.25) is 0 Å². The van der Waals surface area contributed by atoms with Crippen LogP contribution in [0.15, 0.2) is 24.3 Å². The number of hydrogen-bond donors (Lipinski definition) is 0. The van der Waals surface area contributed by atoms with Gasteiger partial charge in [-0.15, -0.1) is 0 Å². The maximum absolute atomic E-state index is 5.65. The van der Waals surface area contributed by atoms with E-state index in [0.29, 0.717) is 26.4 Å². The van der Waals surface area contributed by atoms with Gasteiger partial charge in [-0.25, -0.2) is 0 Å². The highest BCUT2D eigenvalue weighted by atomic mass is 16.7. The molecule has 0 saturated carbocycles. The van der Waals surface area contributed by atoms with Crippen molar-refractivity contribution in [2.24, 2.45) is 0 Å². The zero-order chi connectivity index (χ0) is 13.9. The first-order valence-corrected chi connectivity index (χ1v) is 6.89. The normalized spacial score (nSPS) is 10.7. The SMILES string of the molecule is CCOc1ccc(OCCC(OCC)OCC)cc1. The summed E-state index contributed by atoms with van der Waals surface area (Å²) < 4.78 is 21.9. The first-order chi connectivity index (χ1) is 9.30. The molecular weight excluding hydrogens is 244 g/mol. The van der Waals surface area contributed by atoms with Crippen molar-refractivity contribution in [1.29, 1.82) is 0 Å². The van der Waals surface area contributed by atoms with Crippen molar-refractivity contribution in [3.63, 3.8) is 0 Å². The van der Waals surface area contributed by atoms with E-state index >= 15 is 0 Å². The van der Waals surface area contributed by atoms with Crippen LogP contribution in [0.2, 0.25) is 0 Å². The van der Waals surface area contributed by atoms with E-state index in [1.807, 2.05) is 45.0 Å². The summed E-state index contributed by atoms with van der Waals surface area (Å²) >= 11 is 0. The van der Waals surface area contributed by atoms with Crippen LogP contribution < -0.4 is 9.47 Å². The molecule has 0 aromatic heterocycles. The fourth-order valence-corrected chi connectivity index (χ4v) is 1.66. The molecule has 0 aliphatic rings. The smallest absolute Gasteiger partial charge is 0.160 e. The maximum Gasteiger partial charge on any atom is 0.160 e. The molecule has 0 amide bonds. The lowest BCUT2D eigenvalue weighted by Crippen LogP contribution is -2.20. The number of ether oxygens (including phenoxy) is 4. The zero-order valence-corrected chi connectivity index (χ0v) is 12.1. The molecule has 4 heteroatoms. The molecular formula is C15H24O4. The second kappa shape index (κ2) is 9.64. The molecule has 0 atom stereocenters. The van der Waals surface area contributed by atoms with E-state index < -0.39 is 0 Å². The van der Waals surface area contributed by atoms with Crippen LogP contribution in [0.4, 0.5) is 0 Å². The molecule has 0 fully saturated rings. The Morgan fingerprint density at radius 1 is 0.789 bits per heavy atom. The summed E-state index contributed by atoms with van der Waals surface area (Å²) in [6.45, 7) is 8.41. The number of rotatable bonds is 10. The quantitative estimate of drug-likeness (QED) is 0.610. The fourth-order valence-electron chi connectivity index (χ4n) is 1.66. The molecule has 19 heavy (non-hydrogen) atoms. The van der Waals surface area contributed by atoms with Crippen molar-refractivity contribution >= 4 is 0 Å². The van der Waals surface area contributed by atoms with Crippen molar-refractivity contribution in [2.45, 2.75) is 33.5 Å². The maximum atomic E-state index is 5.65. The van der Waals surface area contributed by atoms with Crippen LogP contribution in [0, 0.1) is 0 Å². The lowest BCUT2D eigenvalue weighted by molar-refractivity contribution is -0.142. The molecule has 1 aromatic carbocycles. The molecule has 108 valence electrons. The third-order valence-electron chi connectivity index (χ3n) is 2.46. The van der Waals surface area contributed by atoms with Gasteiger partial charge in [0.25, 0.3) is 0 Å².